The smallest absolute Gasteiger partial charge is 0.303 e. The fraction of sp³-hybridized carbons (Fsp3) is 0.143. The van der Waals surface area contributed by atoms with Crippen molar-refractivity contribution in [1.29, 1.82) is 0 Å². The van der Waals surface area contributed by atoms with Crippen LogP contribution in [-0.4, -0.2) is 27.9 Å². The molecular formula is C14H13N3O4. The van der Waals surface area contributed by atoms with Gasteiger partial charge in [0.25, 0.3) is 5.91 Å². The van der Waals surface area contributed by atoms with Crippen molar-refractivity contribution in [1.82, 2.24) is 15.8 Å². The van der Waals surface area contributed by atoms with Gasteiger partial charge in [0.2, 0.25) is 5.91 Å². The number of nitrogens with one attached hydrogen (secondary N) is 2. The summed E-state index contributed by atoms with van der Waals surface area (Å²) in [5.74, 6) is -2.21. The van der Waals surface area contributed by atoms with Crippen LogP contribution in [0, 0.1) is 0 Å². The van der Waals surface area contributed by atoms with Crippen molar-refractivity contribution in [3.8, 4) is 0 Å². The van der Waals surface area contributed by atoms with E-state index in [0.717, 1.165) is 5.39 Å². The van der Waals surface area contributed by atoms with Crippen LogP contribution in [0.15, 0.2) is 36.5 Å². The molecule has 1 heterocycles. The molecule has 108 valence electrons. The summed E-state index contributed by atoms with van der Waals surface area (Å²) in [6.07, 6.45) is 0.996. The van der Waals surface area contributed by atoms with E-state index in [2.05, 4.69) is 15.8 Å². The molecule has 1 aromatic heterocycles. The van der Waals surface area contributed by atoms with Crippen LogP contribution in [0.2, 0.25) is 0 Å². The number of pyridine rings is 1. The highest BCUT2D eigenvalue weighted by Gasteiger charge is 2.12. The number of aliphatic carboxylic acids is 1. The molecular weight excluding hydrogens is 274 g/mol. The van der Waals surface area contributed by atoms with E-state index in [0.29, 0.717) is 5.39 Å². The molecule has 0 aliphatic rings. The van der Waals surface area contributed by atoms with Crippen LogP contribution in [0.25, 0.3) is 10.8 Å². The van der Waals surface area contributed by atoms with Gasteiger partial charge in [-0.1, -0.05) is 24.3 Å². The topological polar surface area (TPSA) is 108 Å². The molecule has 0 saturated carbocycles. The van der Waals surface area contributed by atoms with Gasteiger partial charge < -0.3 is 5.11 Å². The van der Waals surface area contributed by atoms with Gasteiger partial charge in [0.05, 0.1) is 6.42 Å². The quantitative estimate of drug-likeness (QED) is 0.723. The third-order valence-electron chi connectivity index (χ3n) is 2.77. The Bertz CT molecular complexity index is 694. The molecule has 2 rings (SSSR count). The Balaban J connectivity index is 2.03. The molecule has 3 N–H and O–H groups in total. The van der Waals surface area contributed by atoms with Crippen LogP contribution in [0.4, 0.5) is 0 Å². The summed E-state index contributed by atoms with van der Waals surface area (Å²) < 4.78 is 0. The number of carbonyl (C=O) groups excluding carboxylic acids is 2. The number of hydrazine groups is 1. The van der Waals surface area contributed by atoms with E-state index in [1.807, 2.05) is 12.1 Å². The fourth-order valence-electron chi connectivity index (χ4n) is 1.77. The average Bonchev–Trinajstić information content (AvgIpc) is 2.50. The van der Waals surface area contributed by atoms with Crippen molar-refractivity contribution in [2.75, 3.05) is 0 Å². The van der Waals surface area contributed by atoms with Crippen LogP contribution in [0.5, 0.6) is 0 Å². The summed E-state index contributed by atoms with van der Waals surface area (Å²) in [5.41, 5.74) is 4.57. The molecule has 0 fully saturated rings. The zero-order valence-corrected chi connectivity index (χ0v) is 11.0. The van der Waals surface area contributed by atoms with Gasteiger partial charge in [-0.05, 0) is 11.5 Å². The molecule has 21 heavy (non-hydrogen) atoms. The molecule has 0 aliphatic carbocycles. The van der Waals surface area contributed by atoms with Gasteiger partial charge in [0.1, 0.15) is 5.69 Å². The van der Waals surface area contributed by atoms with Crippen LogP contribution < -0.4 is 10.9 Å². The maximum atomic E-state index is 12.0. The molecule has 0 spiro atoms. The number of benzene rings is 1. The molecule has 1 aromatic carbocycles. The lowest BCUT2D eigenvalue weighted by atomic mass is 10.1. The second kappa shape index (κ2) is 6.47. The predicted molar refractivity (Wildman–Crippen MR) is 74.2 cm³/mol. The first-order valence-electron chi connectivity index (χ1n) is 6.22. The number of amides is 2. The van der Waals surface area contributed by atoms with Gasteiger partial charge in [-0.25, -0.2) is 0 Å². The molecule has 7 heteroatoms. The van der Waals surface area contributed by atoms with Crippen molar-refractivity contribution in [3.63, 3.8) is 0 Å². The highest BCUT2D eigenvalue weighted by atomic mass is 16.4. The molecule has 2 amide bonds. The van der Waals surface area contributed by atoms with Gasteiger partial charge in [-0.15, -0.1) is 0 Å². The van der Waals surface area contributed by atoms with E-state index in [9.17, 15) is 14.4 Å². The maximum absolute atomic E-state index is 12.0. The van der Waals surface area contributed by atoms with E-state index >= 15 is 0 Å². The second-order valence-electron chi connectivity index (χ2n) is 4.28. The van der Waals surface area contributed by atoms with Gasteiger partial charge in [0, 0.05) is 18.0 Å². The summed E-state index contributed by atoms with van der Waals surface area (Å²) >= 11 is 0. The van der Waals surface area contributed by atoms with E-state index < -0.39 is 17.8 Å². The molecule has 0 saturated heterocycles. The van der Waals surface area contributed by atoms with Crippen molar-refractivity contribution < 1.29 is 19.5 Å². The minimum absolute atomic E-state index is 0.187. The first-order chi connectivity index (χ1) is 10.1. The summed E-state index contributed by atoms with van der Waals surface area (Å²) in [5, 5.41) is 9.98. The standard InChI is InChI=1S/C14H13N3O4/c18-11(5-6-12(19)20)16-17-14(21)13-10-4-2-1-3-9(10)7-8-15-13/h1-4,7-8H,5-6H2,(H,16,18)(H,17,21)(H,19,20). The van der Waals surface area contributed by atoms with Gasteiger partial charge >= 0.3 is 5.97 Å². The van der Waals surface area contributed by atoms with Crippen molar-refractivity contribution >= 4 is 28.6 Å². The van der Waals surface area contributed by atoms with E-state index in [1.165, 1.54) is 6.20 Å². The Labute approximate surface area is 120 Å². The molecule has 0 bridgehead atoms. The Hall–Kier alpha value is -2.96. The van der Waals surface area contributed by atoms with Crippen LogP contribution in [0.3, 0.4) is 0 Å². The van der Waals surface area contributed by atoms with Crippen LogP contribution in [0.1, 0.15) is 23.3 Å². The van der Waals surface area contributed by atoms with E-state index in [-0.39, 0.29) is 18.5 Å². The largest absolute Gasteiger partial charge is 0.481 e. The number of hydrogen-bond acceptors (Lipinski definition) is 4. The number of aromatic nitrogens is 1. The summed E-state index contributed by atoms with van der Waals surface area (Å²) in [4.78, 5) is 37.7. The Morgan fingerprint density at radius 1 is 1.05 bits per heavy atom. The molecule has 7 nitrogen and oxygen atoms in total. The molecule has 0 aliphatic heterocycles. The number of hydrogen-bond donors (Lipinski definition) is 3. The number of fused-ring (bicyclic) bond motifs is 1. The Morgan fingerprint density at radius 2 is 1.81 bits per heavy atom. The first-order valence-corrected chi connectivity index (χ1v) is 6.22. The number of carboxylic acids is 1. The number of rotatable bonds is 4. The van der Waals surface area contributed by atoms with Crippen LogP contribution >= 0.6 is 0 Å². The normalized spacial score (nSPS) is 10.1. The Morgan fingerprint density at radius 3 is 2.57 bits per heavy atom. The highest BCUT2D eigenvalue weighted by Crippen LogP contribution is 2.15. The fourth-order valence-corrected chi connectivity index (χ4v) is 1.77. The van der Waals surface area contributed by atoms with Crippen LogP contribution in [-0.2, 0) is 9.59 Å². The molecule has 0 radical (unpaired) electrons. The highest BCUT2D eigenvalue weighted by molar-refractivity contribution is 6.05. The predicted octanol–water partition coefficient (Wildman–Crippen LogP) is 0.861. The zero-order valence-electron chi connectivity index (χ0n) is 11.0. The third-order valence-corrected chi connectivity index (χ3v) is 2.77. The third kappa shape index (κ3) is 3.75. The zero-order chi connectivity index (χ0) is 15.2. The lowest BCUT2D eigenvalue weighted by Crippen LogP contribution is -2.42. The summed E-state index contributed by atoms with van der Waals surface area (Å²) in [7, 11) is 0. The van der Waals surface area contributed by atoms with Crippen molar-refractivity contribution in [2.24, 2.45) is 0 Å². The second-order valence-corrected chi connectivity index (χ2v) is 4.28. The summed E-state index contributed by atoms with van der Waals surface area (Å²) in [6, 6.07) is 9.00. The lowest BCUT2D eigenvalue weighted by molar-refractivity contribution is -0.138. The first kappa shape index (κ1) is 14.4. The van der Waals surface area contributed by atoms with Crippen molar-refractivity contribution in [3.05, 3.63) is 42.2 Å². The molecule has 2 aromatic rings. The minimum atomic E-state index is -1.08. The number of carboxylic acid groups (broad SMARTS) is 1. The lowest BCUT2D eigenvalue weighted by Gasteiger charge is -2.08. The Kier molecular flexibility index (Phi) is 4.45. The monoisotopic (exact) mass is 287 g/mol. The minimum Gasteiger partial charge on any atom is -0.481 e. The van der Waals surface area contributed by atoms with Gasteiger partial charge in [-0.3, -0.25) is 30.2 Å². The van der Waals surface area contributed by atoms with E-state index in [4.69, 9.17) is 5.11 Å². The van der Waals surface area contributed by atoms with Gasteiger partial charge in [-0.2, -0.15) is 0 Å². The average molecular weight is 287 g/mol. The molecule has 0 unspecified atom stereocenters. The summed E-state index contributed by atoms with van der Waals surface area (Å²) in [6.45, 7) is 0. The molecule has 0 atom stereocenters. The van der Waals surface area contributed by atoms with E-state index in [1.54, 1.807) is 18.2 Å². The maximum Gasteiger partial charge on any atom is 0.303 e. The van der Waals surface area contributed by atoms with Crippen molar-refractivity contribution in [2.45, 2.75) is 12.8 Å². The van der Waals surface area contributed by atoms with Gasteiger partial charge in [0.15, 0.2) is 0 Å². The number of nitrogens with zero attached hydrogens (tertiary/aromatic N) is 1. The number of carbonyl (C=O) groups is 3. The SMILES string of the molecule is O=C(O)CCC(=O)NNC(=O)c1nccc2ccccc12.